The molecule has 0 aliphatic carbocycles. The Hall–Kier alpha value is -0.770. The van der Waals surface area contributed by atoms with Crippen molar-refractivity contribution in [2.75, 3.05) is 26.3 Å². The van der Waals surface area contributed by atoms with Crippen molar-refractivity contribution < 1.29 is 9.53 Å². The van der Waals surface area contributed by atoms with E-state index in [0.29, 0.717) is 0 Å². The zero-order chi connectivity index (χ0) is 12.3. The molecule has 0 saturated carbocycles. The van der Waals surface area contributed by atoms with Gasteiger partial charge in [-0.15, -0.1) is 0 Å². The van der Waals surface area contributed by atoms with Gasteiger partial charge in [-0.25, -0.2) is 4.79 Å². The van der Waals surface area contributed by atoms with E-state index in [1.807, 2.05) is 4.90 Å². The van der Waals surface area contributed by atoms with Gasteiger partial charge in [-0.05, 0) is 38.5 Å². The first-order chi connectivity index (χ1) is 8.09. The number of carbonyl (C=O) groups is 1. The summed E-state index contributed by atoms with van der Waals surface area (Å²) in [7, 11) is 0. The number of rotatable bonds is 1. The number of urea groups is 1. The van der Waals surface area contributed by atoms with Crippen molar-refractivity contribution in [2.24, 2.45) is 5.92 Å². The smallest absolute Gasteiger partial charge is 0.317 e. The van der Waals surface area contributed by atoms with Gasteiger partial charge in [0.2, 0.25) is 0 Å². The standard InChI is InChI=1S/C13H24N2O2/c1-11-3-7-15(8-4-11)12(16)14-13(2)5-9-17-10-6-13/h11H,3-10H2,1-2H3,(H,14,16). The van der Waals surface area contributed by atoms with Crippen LogP contribution in [0.1, 0.15) is 39.5 Å². The highest BCUT2D eigenvalue weighted by Gasteiger charge is 2.31. The zero-order valence-corrected chi connectivity index (χ0v) is 11.0. The predicted molar refractivity (Wildman–Crippen MR) is 67.0 cm³/mol. The van der Waals surface area contributed by atoms with Crippen LogP contribution in [0.25, 0.3) is 0 Å². The Morgan fingerprint density at radius 3 is 2.47 bits per heavy atom. The first-order valence-corrected chi connectivity index (χ1v) is 6.74. The van der Waals surface area contributed by atoms with Crippen LogP contribution in [0, 0.1) is 5.92 Å². The lowest BCUT2D eigenvalue weighted by molar-refractivity contribution is 0.0460. The maximum Gasteiger partial charge on any atom is 0.317 e. The average molecular weight is 240 g/mol. The van der Waals surface area contributed by atoms with Crippen molar-refractivity contribution in [2.45, 2.75) is 45.1 Å². The second-order valence-corrected chi connectivity index (χ2v) is 5.77. The Morgan fingerprint density at radius 1 is 1.29 bits per heavy atom. The molecular weight excluding hydrogens is 216 g/mol. The lowest BCUT2D eigenvalue weighted by atomic mass is 9.92. The van der Waals surface area contributed by atoms with Gasteiger partial charge in [0.25, 0.3) is 0 Å². The molecule has 0 aromatic heterocycles. The summed E-state index contributed by atoms with van der Waals surface area (Å²) < 4.78 is 5.34. The third kappa shape index (κ3) is 3.35. The summed E-state index contributed by atoms with van der Waals surface area (Å²) in [6, 6.07) is 0.112. The fourth-order valence-electron chi connectivity index (χ4n) is 2.50. The molecule has 4 nitrogen and oxygen atoms in total. The number of hydrogen-bond acceptors (Lipinski definition) is 2. The molecule has 0 unspecified atom stereocenters. The Kier molecular flexibility index (Phi) is 3.92. The lowest BCUT2D eigenvalue weighted by Gasteiger charge is -2.38. The molecule has 1 N–H and O–H groups in total. The average Bonchev–Trinajstić information content (AvgIpc) is 2.30. The van der Waals surface area contributed by atoms with Crippen molar-refractivity contribution in [3.63, 3.8) is 0 Å². The van der Waals surface area contributed by atoms with Crippen molar-refractivity contribution in [3.8, 4) is 0 Å². The zero-order valence-electron chi connectivity index (χ0n) is 11.0. The van der Waals surface area contributed by atoms with Gasteiger partial charge in [0, 0.05) is 31.8 Å². The predicted octanol–water partition coefficient (Wildman–Crippen LogP) is 2.00. The fourth-order valence-corrected chi connectivity index (χ4v) is 2.50. The first kappa shape index (κ1) is 12.7. The molecule has 2 amide bonds. The third-order valence-corrected chi connectivity index (χ3v) is 4.08. The van der Waals surface area contributed by atoms with Crippen molar-refractivity contribution in [1.29, 1.82) is 0 Å². The number of nitrogens with one attached hydrogen (secondary N) is 1. The minimum absolute atomic E-state index is 0.0710. The Balaban J connectivity index is 1.83. The van der Waals surface area contributed by atoms with Crippen molar-refractivity contribution in [3.05, 3.63) is 0 Å². The molecule has 0 radical (unpaired) electrons. The van der Waals surface area contributed by atoms with E-state index in [0.717, 1.165) is 57.9 Å². The van der Waals surface area contributed by atoms with Gasteiger partial charge in [0.1, 0.15) is 0 Å². The van der Waals surface area contributed by atoms with Crippen molar-refractivity contribution >= 4 is 6.03 Å². The molecule has 2 heterocycles. The molecule has 2 saturated heterocycles. The van der Waals surface area contributed by atoms with E-state index in [4.69, 9.17) is 4.74 Å². The van der Waals surface area contributed by atoms with E-state index < -0.39 is 0 Å². The highest BCUT2D eigenvalue weighted by atomic mass is 16.5. The van der Waals surface area contributed by atoms with Crippen molar-refractivity contribution in [1.82, 2.24) is 10.2 Å². The molecule has 0 spiro atoms. The maximum absolute atomic E-state index is 12.2. The Bertz CT molecular complexity index is 267. The van der Waals surface area contributed by atoms with E-state index in [1.54, 1.807) is 0 Å². The summed E-state index contributed by atoms with van der Waals surface area (Å²) in [6.45, 7) is 7.70. The van der Waals surface area contributed by atoms with Gasteiger partial charge >= 0.3 is 6.03 Å². The van der Waals surface area contributed by atoms with Gasteiger partial charge < -0.3 is 15.0 Å². The number of carbonyl (C=O) groups excluding carboxylic acids is 1. The molecular formula is C13H24N2O2. The first-order valence-electron chi connectivity index (χ1n) is 6.74. The summed E-state index contributed by atoms with van der Waals surface area (Å²) in [4.78, 5) is 14.1. The summed E-state index contributed by atoms with van der Waals surface area (Å²) in [6.07, 6.45) is 4.10. The molecule has 2 fully saturated rings. The molecule has 2 rings (SSSR count). The fraction of sp³-hybridized carbons (Fsp3) is 0.923. The number of likely N-dealkylation sites (tertiary alicyclic amines) is 1. The Morgan fingerprint density at radius 2 is 1.88 bits per heavy atom. The van der Waals surface area contributed by atoms with Gasteiger partial charge in [0.15, 0.2) is 0 Å². The maximum atomic E-state index is 12.2. The highest BCUT2D eigenvalue weighted by Crippen LogP contribution is 2.21. The normalized spacial score (nSPS) is 25.6. The van der Waals surface area contributed by atoms with Gasteiger partial charge in [-0.1, -0.05) is 6.92 Å². The molecule has 2 aliphatic heterocycles. The summed E-state index contributed by atoms with van der Waals surface area (Å²) in [5, 5.41) is 3.19. The molecule has 0 atom stereocenters. The van der Waals surface area contributed by atoms with Crippen LogP contribution in [0.15, 0.2) is 0 Å². The molecule has 0 bridgehead atoms. The van der Waals surface area contributed by atoms with E-state index in [1.165, 1.54) is 0 Å². The molecule has 0 aromatic carbocycles. The SMILES string of the molecule is CC1CCN(C(=O)NC2(C)CCOCC2)CC1. The van der Waals surface area contributed by atoms with Gasteiger partial charge in [0.05, 0.1) is 0 Å². The van der Waals surface area contributed by atoms with Gasteiger partial charge in [-0.2, -0.15) is 0 Å². The van der Waals surface area contributed by atoms with Crippen LogP contribution in [0.2, 0.25) is 0 Å². The minimum Gasteiger partial charge on any atom is -0.381 e. The second kappa shape index (κ2) is 5.25. The van der Waals surface area contributed by atoms with Crippen LogP contribution in [0.3, 0.4) is 0 Å². The number of amides is 2. The minimum atomic E-state index is -0.0710. The lowest BCUT2D eigenvalue weighted by Crippen LogP contribution is -2.55. The monoisotopic (exact) mass is 240 g/mol. The summed E-state index contributed by atoms with van der Waals surface area (Å²) in [5.41, 5.74) is -0.0710. The van der Waals surface area contributed by atoms with Crippen LogP contribution in [-0.4, -0.2) is 42.8 Å². The van der Waals surface area contributed by atoms with E-state index in [2.05, 4.69) is 19.2 Å². The molecule has 98 valence electrons. The molecule has 2 aliphatic rings. The topological polar surface area (TPSA) is 41.6 Å². The molecule has 17 heavy (non-hydrogen) atoms. The second-order valence-electron chi connectivity index (χ2n) is 5.77. The van der Waals surface area contributed by atoms with Crippen LogP contribution in [0.4, 0.5) is 4.79 Å². The Labute approximate surface area is 104 Å². The summed E-state index contributed by atoms with van der Waals surface area (Å²) >= 11 is 0. The quantitative estimate of drug-likeness (QED) is 0.761. The van der Waals surface area contributed by atoms with E-state index >= 15 is 0 Å². The molecule has 0 aromatic rings. The van der Waals surface area contributed by atoms with Crippen LogP contribution in [0.5, 0.6) is 0 Å². The third-order valence-electron chi connectivity index (χ3n) is 4.08. The van der Waals surface area contributed by atoms with Crippen LogP contribution >= 0.6 is 0 Å². The van der Waals surface area contributed by atoms with Crippen LogP contribution in [-0.2, 0) is 4.74 Å². The van der Waals surface area contributed by atoms with Gasteiger partial charge in [-0.3, -0.25) is 0 Å². The number of nitrogens with zero attached hydrogens (tertiary/aromatic N) is 1. The number of piperidine rings is 1. The number of ether oxygens (including phenoxy) is 1. The number of hydrogen-bond donors (Lipinski definition) is 1. The van der Waals surface area contributed by atoms with Crippen LogP contribution < -0.4 is 5.32 Å². The summed E-state index contributed by atoms with van der Waals surface area (Å²) in [5.74, 6) is 0.762. The van der Waals surface area contributed by atoms with E-state index in [-0.39, 0.29) is 11.6 Å². The largest absolute Gasteiger partial charge is 0.381 e. The molecule has 4 heteroatoms. The highest BCUT2D eigenvalue weighted by molar-refractivity contribution is 5.75. The van der Waals surface area contributed by atoms with E-state index in [9.17, 15) is 4.79 Å².